The van der Waals surface area contributed by atoms with E-state index >= 15 is 0 Å². The summed E-state index contributed by atoms with van der Waals surface area (Å²) in [6, 6.07) is 10.1. The molecule has 1 N–H and O–H groups in total. The number of oxazole rings is 1. The SMILES string of the molecule is OC(Cc1nc2ccccc2o1)c1cc(F)cc(F)c1. The summed E-state index contributed by atoms with van der Waals surface area (Å²) in [5, 5.41) is 10.0. The van der Waals surface area contributed by atoms with Crippen LogP contribution in [0.15, 0.2) is 46.9 Å². The number of nitrogens with zero attached hydrogens (tertiary/aromatic N) is 1. The van der Waals surface area contributed by atoms with E-state index in [9.17, 15) is 13.9 Å². The number of hydrogen-bond acceptors (Lipinski definition) is 3. The van der Waals surface area contributed by atoms with Gasteiger partial charge in [-0.05, 0) is 29.8 Å². The quantitative estimate of drug-likeness (QED) is 0.797. The number of halogens is 2. The lowest BCUT2D eigenvalue weighted by molar-refractivity contribution is 0.168. The molecule has 0 saturated carbocycles. The fourth-order valence-corrected chi connectivity index (χ4v) is 2.06. The van der Waals surface area contributed by atoms with Crippen molar-refractivity contribution in [3.63, 3.8) is 0 Å². The van der Waals surface area contributed by atoms with Crippen molar-refractivity contribution in [2.24, 2.45) is 0 Å². The van der Waals surface area contributed by atoms with Crippen LogP contribution in [0, 0.1) is 11.6 Å². The van der Waals surface area contributed by atoms with E-state index in [1.165, 1.54) is 0 Å². The number of aliphatic hydroxyl groups excluding tert-OH is 1. The minimum absolute atomic E-state index is 0.0531. The molecular formula is C15H11F2NO2. The Hall–Kier alpha value is -2.27. The standard InChI is InChI=1S/C15H11F2NO2/c16-10-5-9(6-11(17)7-10)13(19)8-15-18-12-3-1-2-4-14(12)20-15/h1-7,13,19H,8H2. The summed E-state index contributed by atoms with van der Waals surface area (Å²) in [4.78, 5) is 4.21. The molecule has 1 unspecified atom stereocenters. The van der Waals surface area contributed by atoms with E-state index in [0.29, 0.717) is 17.0 Å². The van der Waals surface area contributed by atoms with Crippen LogP contribution in [0.25, 0.3) is 11.1 Å². The minimum Gasteiger partial charge on any atom is -0.441 e. The Labute approximate surface area is 113 Å². The number of aromatic nitrogens is 1. The van der Waals surface area contributed by atoms with Crippen molar-refractivity contribution >= 4 is 11.1 Å². The van der Waals surface area contributed by atoms with Gasteiger partial charge in [0.05, 0.1) is 12.5 Å². The number of para-hydroxylation sites is 2. The van der Waals surface area contributed by atoms with Crippen LogP contribution in [-0.4, -0.2) is 10.1 Å². The molecule has 0 fully saturated rings. The van der Waals surface area contributed by atoms with E-state index in [1.54, 1.807) is 12.1 Å². The maximum atomic E-state index is 13.1. The fourth-order valence-electron chi connectivity index (χ4n) is 2.06. The summed E-state index contributed by atoms with van der Waals surface area (Å²) in [5.41, 5.74) is 1.45. The maximum Gasteiger partial charge on any atom is 0.198 e. The second kappa shape index (κ2) is 5.02. The summed E-state index contributed by atoms with van der Waals surface area (Å²) in [7, 11) is 0. The molecule has 1 aromatic heterocycles. The molecule has 0 saturated heterocycles. The molecule has 3 aromatic rings. The lowest BCUT2D eigenvalue weighted by Crippen LogP contribution is -2.03. The van der Waals surface area contributed by atoms with Crippen molar-refractivity contribution in [1.29, 1.82) is 0 Å². The van der Waals surface area contributed by atoms with Crippen molar-refractivity contribution in [2.45, 2.75) is 12.5 Å². The monoisotopic (exact) mass is 275 g/mol. The Morgan fingerprint density at radius 2 is 1.80 bits per heavy atom. The highest BCUT2D eigenvalue weighted by atomic mass is 19.1. The zero-order valence-electron chi connectivity index (χ0n) is 10.4. The zero-order chi connectivity index (χ0) is 14.1. The van der Waals surface area contributed by atoms with Gasteiger partial charge in [0.1, 0.15) is 17.2 Å². The van der Waals surface area contributed by atoms with Gasteiger partial charge >= 0.3 is 0 Å². The van der Waals surface area contributed by atoms with Gasteiger partial charge < -0.3 is 9.52 Å². The zero-order valence-corrected chi connectivity index (χ0v) is 10.4. The van der Waals surface area contributed by atoms with Crippen LogP contribution in [0.5, 0.6) is 0 Å². The average Bonchev–Trinajstić information content (AvgIpc) is 2.79. The Morgan fingerprint density at radius 1 is 1.10 bits per heavy atom. The second-order valence-corrected chi connectivity index (χ2v) is 4.50. The molecule has 0 aliphatic heterocycles. The average molecular weight is 275 g/mol. The molecule has 0 radical (unpaired) electrons. The van der Waals surface area contributed by atoms with E-state index < -0.39 is 17.7 Å². The Balaban J connectivity index is 1.86. The smallest absolute Gasteiger partial charge is 0.198 e. The van der Waals surface area contributed by atoms with Crippen LogP contribution in [0.2, 0.25) is 0 Å². The molecule has 3 nitrogen and oxygen atoms in total. The molecule has 20 heavy (non-hydrogen) atoms. The summed E-state index contributed by atoms with van der Waals surface area (Å²) >= 11 is 0. The predicted octanol–water partition coefficient (Wildman–Crippen LogP) is 3.38. The van der Waals surface area contributed by atoms with Gasteiger partial charge in [0.2, 0.25) is 0 Å². The molecule has 0 bridgehead atoms. The minimum atomic E-state index is -1.08. The highest BCUT2D eigenvalue weighted by Gasteiger charge is 2.15. The molecule has 2 aromatic carbocycles. The fraction of sp³-hybridized carbons (Fsp3) is 0.133. The van der Waals surface area contributed by atoms with Crippen molar-refractivity contribution in [2.75, 3.05) is 0 Å². The molecule has 0 spiro atoms. The first-order valence-corrected chi connectivity index (χ1v) is 6.10. The third-order valence-corrected chi connectivity index (χ3v) is 2.98. The molecule has 102 valence electrons. The van der Waals surface area contributed by atoms with Gasteiger partial charge in [0.15, 0.2) is 11.5 Å². The third-order valence-electron chi connectivity index (χ3n) is 2.98. The summed E-state index contributed by atoms with van der Waals surface area (Å²) < 4.78 is 31.7. The first-order chi connectivity index (χ1) is 9.61. The third kappa shape index (κ3) is 2.53. The number of hydrogen-bond donors (Lipinski definition) is 1. The van der Waals surface area contributed by atoms with Crippen LogP contribution in [0.3, 0.4) is 0 Å². The van der Waals surface area contributed by atoms with Crippen molar-refractivity contribution < 1.29 is 18.3 Å². The largest absolute Gasteiger partial charge is 0.441 e. The maximum absolute atomic E-state index is 13.1. The summed E-state index contributed by atoms with van der Waals surface area (Å²) in [6.07, 6.45) is -1.02. The van der Waals surface area contributed by atoms with E-state index in [0.717, 1.165) is 18.2 Å². The van der Waals surface area contributed by atoms with Crippen molar-refractivity contribution in [3.8, 4) is 0 Å². The van der Waals surface area contributed by atoms with Crippen LogP contribution >= 0.6 is 0 Å². The number of rotatable bonds is 3. The summed E-state index contributed by atoms with van der Waals surface area (Å²) in [5.74, 6) is -1.13. The Morgan fingerprint density at radius 3 is 2.50 bits per heavy atom. The van der Waals surface area contributed by atoms with Gasteiger partial charge in [-0.1, -0.05) is 12.1 Å². The first-order valence-electron chi connectivity index (χ1n) is 6.10. The van der Waals surface area contributed by atoms with Crippen LogP contribution in [0.4, 0.5) is 8.78 Å². The van der Waals surface area contributed by atoms with E-state index in [-0.39, 0.29) is 12.0 Å². The van der Waals surface area contributed by atoms with E-state index in [2.05, 4.69) is 4.98 Å². The molecule has 1 atom stereocenters. The first kappa shape index (κ1) is 12.7. The normalized spacial score (nSPS) is 12.8. The lowest BCUT2D eigenvalue weighted by Gasteiger charge is -2.08. The summed E-state index contributed by atoms with van der Waals surface area (Å²) in [6.45, 7) is 0. The number of benzene rings is 2. The Bertz CT molecular complexity index is 701. The highest BCUT2D eigenvalue weighted by Crippen LogP contribution is 2.22. The highest BCUT2D eigenvalue weighted by molar-refractivity contribution is 5.72. The van der Waals surface area contributed by atoms with Crippen LogP contribution in [0.1, 0.15) is 17.6 Å². The van der Waals surface area contributed by atoms with Crippen molar-refractivity contribution in [1.82, 2.24) is 4.98 Å². The molecule has 0 aliphatic rings. The van der Waals surface area contributed by atoms with E-state index in [1.807, 2.05) is 12.1 Å². The second-order valence-electron chi connectivity index (χ2n) is 4.50. The predicted molar refractivity (Wildman–Crippen MR) is 69.0 cm³/mol. The van der Waals surface area contributed by atoms with Gasteiger partial charge in [0, 0.05) is 6.07 Å². The topological polar surface area (TPSA) is 46.3 Å². The van der Waals surface area contributed by atoms with Crippen molar-refractivity contribution in [3.05, 3.63) is 65.6 Å². The Kier molecular flexibility index (Phi) is 3.20. The molecule has 1 heterocycles. The molecular weight excluding hydrogens is 264 g/mol. The number of fused-ring (bicyclic) bond motifs is 1. The molecule has 3 rings (SSSR count). The van der Waals surface area contributed by atoms with Crippen LogP contribution in [-0.2, 0) is 6.42 Å². The molecule has 5 heteroatoms. The lowest BCUT2D eigenvalue weighted by atomic mass is 10.1. The molecule has 0 aliphatic carbocycles. The van der Waals surface area contributed by atoms with Gasteiger partial charge in [-0.3, -0.25) is 0 Å². The van der Waals surface area contributed by atoms with Gasteiger partial charge in [-0.15, -0.1) is 0 Å². The van der Waals surface area contributed by atoms with Crippen LogP contribution < -0.4 is 0 Å². The van der Waals surface area contributed by atoms with Gasteiger partial charge in [-0.2, -0.15) is 0 Å². The van der Waals surface area contributed by atoms with Gasteiger partial charge in [-0.25, -0.2) is 13.8 Å². The van der Waals surface area contributed by atoms with E-state index in [4.69, 9.17) is 4.42 Å². The van der Waals surface area contributed by atoms with Gasteiger partial charge in [0.25, 0.3) is 0 Å². The number of aliphatic hydroxyl groups is 1. The molecule has 0 amide bonds.